The van der Waals surface area contributed by atoms with Crippen LogP contribution in [0.5, 0.6) is 0 Å². The van der Waals surface area contributed by atoms with Gasteiger partial charge in [0.1, 0.15) is 0 Å². The summed E-state index contributed by atoms with van der Waals surface area (Å²) in [6, 6.07) is 73.9. The van der Waals surface area contributed by atoms with Gasteiger partial charge in [0, 0.05) is 42.5 Å². The molecule has 1 aliphatic rings. The van der Waals surface area contributed by atoms with Crippen LogP contribution in [0, 0.1) is 0 Å². The van der Waals surface area contributed by atoms with Crippen LogP contribution in [0.3, 0.4) is 0 Å². The van der Waals surface area contributed by atoms with Crippen molar-refractivity contribution in [3.8, 4) is 44.5 Å². The van der Waals surface area contributed by atoms with Gasteiger partial charge in [-0.25, -0.2) is 0 Å². The topological polar surface area (TPSA) is 3.24 Å². The first kappa shape index (κ1) is 33.6. The maximum Gasteiger partial charge on any atom is 0.0540 e. The maximum atomic E-state index is 2.47. The van der Waals surface area contributed by atoms with E-state index in [9.17, 15) is 0 Å². The van der Waals surface area contributed by atoms with Gasteiger partial charge in [-0.3, -0.25) is 0 Å². The van der Waals surface area contributed by atoms with Crippen molar-refractivity contribution >= 4 is 59.3 Å². The number of nitrogens with zero attached hydrogens (tertiary/aromatic N) is 1. The molecule has 0 atom stereocenters. The van der Waals surface area contributed by atoms with Gasteiger partial charge in [0.05, 0.1) is 5.69 Å². The Morgan fingerprint density at radius 2 is 1.02 bits per heavy atom. The fourth-order valence-corrected chi connectivity index (χ4v) is 10.4. The molecule has 10 aromatic rings. The van der Waals surface area contributed by atoms with Gasteiger partial charge >= 0.3 is 0 Å². The third-order valence-corrected chi connectivity index (χ3v) is 13.3. The van der Waals surface area contributed by atoms with E-state index in [1.165, 1.54) is 86.6 Å². The van der Waals surface area contributed by atoms with Crippen molar-refractivity contribution in [1.29, 1.82) is 0 Å². The second kappa shape index (κ2) is 13.2. The molecule has 2 heteroatoms. The molecule has 0 spiro atoms. The molecule has 0 amide bonds. The molecule has 0 bridgehead atoms. The van der Waals surface area contributed by atoms with Crippen LogP contribution in [0.1, 0.15) is 25.0 Å². The van der Waals surface area contributed by atoms with Gasteiger partial charge < -0.3 is 4.90 Å². The van der Waals surface area contributed by atoms with E-state index in [-0.39, 0.29) is 5.41 Å². The predicted octanol–water partition coefficient (Wildman–Crippen LogP) is 16.0. The minimum Gasteiger partial charge on any atom is -0.310 e. The highest BCUT2D eigenvalue weighted by atomic mass is 32.1. The van der Waals surface area contributed by atoms with Crippen molar-refractivity contribution < 1.29 is 0 Å². The summed E-state index contributed by atoms with van der Waals surface area (Å²) in [5.41, 5.74) is 15.9. The standard InChI is InChI=1S/C55H39NS/c1-55(2)50-34-40(39-27-26-36-14-6-7-17-38(36)32-39)28-30-46(50)47-31-29-43(35-51(47)55)56(52-24-10-8-20-44(52)37-15-4-3-5-16-37)42-19-12-18-41(33-42)45-22-13-23-49-48-21-9-11-25-53(48)57-54(45)49/h3-35H,1-2H3. The van der Waals surface area contributed by atoms with Crippen molar-refractivity contribution in [3.63, 3.8) is 0 Å². The van der Waals surface area contributed by atoms with Crippen LogP contribution in [0.2, 0.25) is 0 Å². The van der Waals surface area contributed by atoms with Crippen LogP contribution in [0.25, 0.3) is 75.5 Å². The fourth-order valence-electron chi connectivity index (χ4n) is 9.16. The zero-order valence-corrected chi connectivity index (χ0v) is 32.7. The fraction of sp³-hybridized carbons (Fsp3) is 0.0545. The predicted molar refractivity (Wildman–Crippen MR) is 245 cm³/mol. The van der Waals surface area contributed by atoms with E-state index >= 15 is 0 Å². The number of rotatable bonds is 6. The van der Waals surface area contributed by atoms with Gasteiger partial charge in [0.15, 0.2) is 0 Å². The van der Waals surface area contributed by atoms with E-state index in [1.807, 2.05) is 11.3 Å². The monoisotopic (exact) mass is 745 g/mol. The van der Waals surface area contributed by atoms with E-state index < -0.39 is 0 Å². The Kier molecular flexibility index (Phi) is 7.77. The number of fused-ring (bicyclic) bond motifs is 7. The second-order valence-corrected chi connectivity index (χ2v) is 16.8. The van der Waals surface area contributed by atoms with E-state index in [4.69, 9.17) is 0 Å². The SMILES string of the molecule is CC1(C)c2cc(-c3ccc4ccccc4c3)ccc2-c2ccc(N(c3cccc(-c4cccc5c4sc4ccccc45)c3)c3ccccc3-c3ccccc3)cc21. The highest BCUT2D eigenvalue weighted by molar-refractivity contribution is 7.26. The molecule has 1 aliphatic carbocycles. The summed E-state index contributed by atoms with van der Waals surface area (Å²) in [4.78, 5) is 2.47. The smallest absolute Gasteiger partial charge is 0.0540 e. The highest BCUT2D eigenvalue weighted by Gasteiger charge is 2.36. The molecule has 0 unspecified atom stereocenters. The molecule has 270 valence electrons. The molecule has 0 fully saturated rings. The molecule has 11 rings (SSSR count). The Bertz CT molecular complexity index is 3170. The Morgan fingerprint density at radius 3 is 1.91 bits per heavy atom. The first-order chi connectivity index (χ1) is 28.0. The van der Waals surface area contributed by atoms with E-state index in [1.54, 1.807) is 0 Å². The lowest BCUT2D eigenvalue weighted by Gasteiger charge is -2.30. The highest BCUT2D eigenvalue weighted by Crippen LogP contribution is 2.52. The number of hydrogen-bond acceptors (Lipinski definition) is 2. The summed E-state index contributed by atoms with van der Waals surface area (Å²) in [5, 5.41) is 5.17. The van der Waals surface area contributed by atoms with Gasteiger partial charge in [-0.15, -0.1) is 11.3 Å². The Labute approximate surface area is 337 Å². The lowest BCUT2D eigenvalue weighted by molar-refractivity contribution is 0.660. The van der Waals surface area contributed by atoms with Gasteiger partial charge in [0.25, 0.3) is 0 Å². The molecule has 9 aromatic carbocycles. The summed E-state index contributed by atoms with van der Waals surface area (Å²) in [5.74, 6) is 0. The van der Waals surface area contributed by atoms with Crippen LogP contribution >= 0.6 is 11.3 Å². The third kappa shape index (κ3) is 5.51. The molecular weight excluding hydrogens is 707 g/mol. The average molecular weight is 746 g/mol. The van der Waals surface area contributed by atoms with Gasteiger partial charge in [0.2, 0.25) is 0 Å². The van der Waals surface area contributed by atoms with Crippen LogP contribution in [0.15, 0.2) is 200 Å². The van der Waals surface area contributed by atoms with Crippen molar-refractivity contribution in [2.75, 3.05) is 4.90 Å². The average Bonchev–Trinajstić information content (AvgIpc) is 3.76. The number of thiophene rings is 1. The molecule has 1 aromatic heterocycles. The first-order valence-electron chi connectivity index (χ1n) is 19.8. The number of anilines is 3. The van der Waals surface area contributed by atoms with Gasteiger partial charge in [-0.05, 0) is 109 Å². The lowest BCUT2D eigenvalue weighted by Crippen LogP contribution is -2.17. The maximum absolute atomic E-state index is 2.47. The largest absolute Gasteiger partial charge is 0.310 e. The Hall–Kier alpha value is -6.74. The zero-order valence-electron chi connectivity index (χ0n) is 31.9. The lowest BCUT2D eigenvalue weighted by atomic mass is 9.81. The normalized spacial score (nSPS) is 12.9. The minimum atomic E-state index is -0.198. The molecule has 0 aliphatic heterocycles. The molecule has 1 heterocycles. The molecule has 57 heavy (non-hydrogen) atoms. The third-order valence-electron chi connectivity index (χ3n) is 12.0. The van der Waals surface area contributed by atoms with Crippen molar-refractivity contribution in [2.24, 2.45) is 0 Å². The van der Waals surface area contributed by atoms with Crippen LogP contribution in [0.4, 0.5) is 17.1 Å². The number of benzene rings is 9. The molecule has 0 N–H and O–H groups in total. The Morgan fingerprint density at radius 1 is 0.386 bits per heavy atom. The second-order valence-electron chi connectivity index (χ2n) is 15.7. The van der Waals surface area contributed by atoms with Crippen LogP contribution < -0.4 is 4.90 Å². The summed E-state index contributed by atoms with van der Waals surface area (Å²) in [7, 11) is 0. The van der Waals surface area contributed by atoms with Crippen molar-refractivity contribution in [3.05, 3.63) is 211 Å². The quantitative estimate of drug-likeness (QED) is 0.164. The summed E-state index contributed by atoms with van der Waals surface area (Å²) in [6.07, 6.45) is 0. The number of hydrogen-bond donors (Lipinski definition) is 0. The number of para-hydroxylation sites is 1. The molecule has 0 saturated carbocycles. The summed E-state index contributed by atoms with van der Waals surface area (Å²) >= 11 is 1.88. The van der Waals surface area contributed by atoms with E-state index in [0.29, 0.717) is 0 Å². The minimum absolute atomic E-state index is 0.198. The van der Waals surface area contributed by atoms with Crippen molar-refractivity contribution in [1.82, 2.24) is 0 Å². The molecule has 0 saturated heterocycles. The summed E-state index contributed by atoms with van der Waals surface area (Å²) in [6.45, 7) is 4.78. The van der Waals surface area contributed by atoms with Crippen LogP contribution in [-0.4, -0.2) is 0 Å². The van der Waals surface area contributed by atoms with Crippen molar-refractivity contribution in [2.45, 2.75) is 19.3 Å². The molecular formula is C55H39NS. The molecule has 1 nitrogen and oxygen atoms in total. The first-order valence-corrected chi connectivity index (χ1v) is 20.6. The molecule has 0 radical (unpaired) electrons. The van der Waals surface area contributed by atoms with E-state index in [2.05, 4.69) is 219 Å². The van der Waals surface area contributed by atoms with E-state index in [0.717, 1.165) is 17.1 Å². The van der Waals surface area contributed by atoms with Gasteiger partial charge in [-0.2, -0.15) is 0 Å². The summed E-state index contributed by atoms with van der Waals surface area (Å²) < 4.78 is 2.65. The van der Waals surface area contributed by atoms with Crippen LogP contribution in [-0.2, 0) is 5.41 Å². The zero-order chi connectivity index (χ0) is 38.1. The Balaban J connectivity index is 1.06. The van der Waals surface area contributed by atoms with Gasteiger partial charge in [-0.1, -0.05) is 166 Å².